The fourth-order valence-electron chi connectivity index (χ4n) is 2.54. The van der Waals surface area contributed by atoms with Gasteiger partial charge in [-0.3, -0.25) is 10.2 Å². The van der Waals surface area contributed by atoms with Gasteiger partial charge in [-0.25, -0.2) is 13.2 Å². The van der Waals surface area contributed by atoms with Crippen molar-refractivity contribution >= 4 is 21.9 Å². The minimum absolute atomic E-state index is 0.131. The molecule has 0 radical (unpaired) electrons. The Kier molecular flexibility index (Phi) is 7.42. The van der Waals surface area contributed by atoms with Crippen molar-refractivity contribution in [3.05, 3.63) is 90.0 Å². The molecule has 3 rings (SSSR count). The molecule has 0 aliphatic carbocycles. The second-order valence-corrected chi connectivity index (χ2v) is 8.19. The standard InChI is InChI=1S/C22H20N2O7S/c25-21(26)15-31-19-10-12-20(13-11-19)32(28,29)24-23-22(27)17-8-6-16(7-9-17)14-30-18-4-2-1-3-5-18/h1-13,24H,14-15H2,(H,23,27)(H,25,26). The fourth-order valence-corrected chi connectivity index (χ4v) is 3.38. The maximum Gasteiger partial charge on any atom is 0.341 e. The number of hydrogen-bond donors (Lipinski definition) is 3. The van der Waals surface area contributed by atoms with Gasteiger partial charge in [-0.2, -0.15) is 0 Å². The van der Waals surface area contributed by atoms with Crippen molar-refractivity contribution in [3.63, 3.8) is 0 Å². The molecular formula is C22H20N2O7S. The third-order valence-electron chi connectivity index (χ3n) is 4.16. The summed E-state index contributed by atoms with van der Waals surface area (Å²) in [6, 6.07) is 20.9. The molecule has 10 heteroatoms. The van der Waals surface area contributed by atoms with Crippen molar-refractivity contribution in [3.8, 4) is 11.5 Å². The summed E-state index contributed by atoms with van der Waals surface area (Å²) in [5.74, 6) is -0.856. The van der Waals surface area contributed by atoms with Crippen molar-refractivity contribution in [1.29, 1.82) is 0 Å². The molecule has 0 spiro atoms. The molecule has 0 fully saturated rings. The van der Waals surface area contributed by atoms with Crippen LogP contribution in [0.5, 0.6) is 11.5 Å². The molecule has 0 saturated heterocycles. The lowest BCUT2D eigenvalue weighted by Crippen LogP contribution is -2.41. The van der Waals surface area contributed by atoms with E-state index in [-0.39, 0.29) is 16.2 Å². The lowest BCUT2D eigenvalue weighted by atomic mass is 10.1. The number of amides is 1. The number of hydrazine groups is 1. The lowest BCUT2D eigenvalue weighted by molar-refractivity contribution is -0.139. The first-order valence-corrected chi connectivity index (χ1v) is 10.9. The number of para-hydroxylation sites is 1. The summed E-state index contributed by atoms with van der Waals surface area (Å²) in [5, 5.41) is 8.59. The minimum Gasteiger partial charge on any atom is -0.489 e. The van der Waals surface area contributed by atoms with Crippen molar-refractivity contribution in [2.45, 2.75) is 11.5 Å². The van der Waals surface area contributed by atoms with E-state index in [9.17, 15) is 18.0 Å². The number of carbonyl (C=O) groups is 2. The molecule has 0 bridgehead atoms. The van der Waals surface area contributed by atoms with Gasteiger partial charge in [-0.15, -0.1) is 4.83 Å². The van der Waals surface area contributed by atoms with Crippen molar-refractivity contribution < 1.29 is 32.6 Å². The number of carboxylic acid groups (broad SMARTS) is 1. The number of hydrogen-bond acceptors (Lipinski definition) is 6. The van der Waals surface area contributed by atoms with Gasteiger partial charge in [0.1, 0.15) is 18.1 Å². The summed E-state index contributed by atoms with van der Waals surface area (Å²) in [6.07, 6.45) is 0. The van der Waals surface area contributed by atoms with Crippen LogP contribution in [0.3, 0.4) is 0 Å². The second kappa shape index (κ2) is 10.4. The molecule has 0 heterocycles. The van der Waals surface area contributed by atoms with E-state index >= 15 is 0 Å². The van der Waals surface area contributed by atoms with Gasteiger partial charge in [0.25, 0.3) is 15.9 Å². The number of benzene rings is 3. The van der Waals surface area contributed by atoms with E-state index in [0.717, 1.165) is 11.3 Å². The van der Waals surface area contributed by atoms with Crippen LogP contribution in [0.1, 0.15) is 15.9 Å². The first kappa shape index (κ1) is 22.8. The SMILES string of the molecule is O=C(O)COc1ccc(S(=O)(=O)NNC(=O)c2ccc(COc3ccccc3)cc2)cc1. The summed E-state index contributed by atoms with van der Waals surface area (Å²) in [4.78, 5) is 24.7. The smallest absolute Gasteiger partial charge is 0.341 e. The van der Waals surface area contributed by atoms with Gasteiger partial charge in [-0.1, -0.05) is 30.3 Å². The average Bonchev–Trinajstić information content (AvgIpc) is 2.81. The summed E-state index contributed by atoms with van der Waals surface area (Å²) in [7, 11) is -4.03. The van der Waals surface area contributed by atoms with Crippen molar-refractivity contribution in [2.24, 2.45) is 0 Å². The number of nitrogens with one attached hydrogen (secondary N) is 2. The summed E-state index contributed by atoms with van der Waals surface area (Å²) < 4.78 is 35.3. The van der Waals surface area contributed by atoms with E-state index in [1.807, 2.05) is 35.2 Å². The van der Waals surface area contributed by atoms with Crippen molar-refractivity contribution in [1.82, 2.24) is 10.3 Å². The highest BCUT2D eigenvalue weighted by Gasteiger charge is 2.16. The summed E-state index contributed by atoms with van der Waals surface area (Å²) >= 11 is 0. The van der Waals surface area contributed by atoms with Gasteiger partial charge in [0, 0.05) is 5.56 Å². The fraction of sp³-hybridized carbons (Fsp3) is 0.0909. The number of carboxylic acids is 1. The molecule has 0 saturated carbocycles. The zero-order valence-electron chi connectivity index (χ0n) is 16.7. The maximum absolute atomic E-state index is 12.3. The van der Waals surface area contributed by atoms with Crippen LogP contribution >= 0.6 is 0 Å². The lowest BCUT2D eigenvalue weighted by Gasteiger charge is -2.10. The Morgan fingerprint density at radius 1 is 0.812 bits per heavy atom. The molecule has 0 aliphatic heterocycles. The number of rotatable bonds is 10. The molecule has 3 N–H and O–H groups in total. The zero-order chi connectivity index (χ0) is 23.0. The number of aliphatic carboxylic acids is 1. The average molecular weight is 456 g/mol. The zero-order valence-corrected chi connectivity index (χ0v) is 17.5. The molecule has 32 heavy (non-hydrogen) atoms. The largest absolute Gasteiger partial charge is 0.489 e. The van der Waals surface area contributed by atoms with Crippen LogP contribution in [0.25, 0.3) is 0 Å². The topological polar surface area (TPSA) is 131 Å². The van der Waals surface area contributed by atoms with Crippen molar-refractivity contribution in [2.75, 3.05) is 6.61 Å². The molecule has 166 valence electrons. The van der Waals surface area contributed by atoms with Crippen LogP contribution in [-0.4, -0.2) is 32.0 Å². The highest BCUT2D eigenvalue weighted by atomic mass is 32.2. The number of ether oxygens (including phenoxy) is 2. The molecule has 3 aromatic rings. The molecule has 9 nitrogen and oxygen atoms in total. The Hall–Kier alpha value is -3.89. The van der Waals surface area contributed by atoms with Crippen LogP contribution in [-0.2, 0) is 21.4 Å². The van der Waals surface area contributed by atoms with E-state index in [0.29, 0.717) is 6.61 Å². The third-order valence-corrected chi connectivity index (χ3v) is 5.42. The Morgan fingerprint density at radius 3 is 2.06 bits per heavy atom. The molecule has 0 aliphatic rings. The van der Waals surface area contributed by atoms with Gasteiger partial charge in [-0.05, 0) is 54.1 Å². The molecule has 0 aromatic heterocycles. The Labute approximate surface area is 184 Å². The van der Waals surface area contributed by atoms with Gasteiger partial charge >= 0.3 is 5.97 Å². The molecule has 0 unspecified atom stereocenters. The van der Waals surface area contributed by atoms with Crippen LogP contribution in [0, 0.1) is 0 Å². The van der Waals surface area contributed by atoms with E-state index < -0.39 is 28.5 Å². The molecule has 1 amide bonds. The van der Waals surface area contributed by atoms with Gasteiger partial charge in [0.2, 0.25) is 0 Å². The Morgan fingerprint density at radius 2 is 1.44 bits per heavy atom. The van der Waals surface area contributed by atoms with Crippen LogP contribution < -0.4 is 19.7 Å². The summed E-state index contributed by atoms with van der Waals surface area (Å²) in [6.45, 7) is -0.220. The quantitative estimate of drug-likeness (QED) is 0.399. The summed E-state index contributed by atoms with van der Waals surface area (Å²) in [5.41, 5.74) is 3.25. The van der Waals surface area contributed by atoms with E-state index in [1.165, 1.54) is 24.3 Å². The highest BCUT2D eigenvalue weighted by Crippen LogP contribution is 2.16. The number of sulfonamides is 1. The van der Waals surface area contributed by atoms with Gasteiger partial charge in [0.15, 0.2) is 6.61 Å². The van der Waals surface area contributed by atoms with Gasteiger partial charge < -0.3 is 14.6 Å². The van der Waals surface area contributed by atoms with E-state index in [1.54, 1.807) is 24.3 Å². The Balaban J connectivity index is 1.53. The van der Waals surface area contributed by atoms with E-state index in [2.05, 4.69) is 5.43 Å². The first-order valence-electron chi connectivity index (χ1n) is 9.37. The number of carbonyl (C=O) groups excluding carboxylic acids is 1. The van der Waals surface area contributed by atoms with Crippen LogP contribution in [0.2, 0.25) is 0 Å². The predicted molar refractivity (Wildman–Crippen MR) is 115 cm³/mol. The van der Waals surface area contributed by atoms with E-state index in [4.69, 9.17) is 14.6 Å². The molecule has 0 atom stereocenters. The normalized spacial score (nSPS) is 10.9. The highest BCUT2D eigenvalue weighted by molar-refractivity contribution is 7.89. The van der Waals surface area contributed by atoms with Crippen LogP contribution in [0.4, 0.5) is 0 Å². The first-order chi connectivity index (χ1) is 15.3. The predicted octanol–water partition coefficient (Wildman–Crippen LogP) is 2.35. The van der Waals surface area contributed by atoms with Gasteiger partial charge in [0.05, 0.1) is 4.90 Å². The van der Waals surface area contributed by atoms with Crippen LogP contribution in [0.15, 0.2) is 83.8 Å². The minimum atomic E-state index is -4.03. The Bertz CT molecular complexity index is 1160. The second-order valence-electron chi connectivity index (χ2n) is 6.51. The molecule has 3 aromatic carbocycles. The maximum atomic E-state index is 12.3. The molecular weight excluding hydrogens is 436 g/mol. The third kappa shape index (κ3) is 6.56. The monoisotopic (exact) mass is 456 g/mol.